The summed E-state index contributed by atoms with van der Waals surface area (Å²) in [6.07, 6.45) is 4.89. The molecule has 1 N–H and O–H groups in total. The van der Waals surface area contributed by atoms with Crippen LogP contribution < -0.4 is 5.43 Å². The molecule has 0 aliphatic rings. The van der Waals surface area contributed by atoms with Gasteiger partial charge in [0.05, 0.1) is 16.7 Å². The summed E-state index contributed by atoms with van der Waals surface area (Å²) in [6, 6.07) is 17.5. The highest BCUT2D eigenvalue weighted by Gasteiger charge is 2.09. The lowest BCUT2D eigenvalue weighted by molar-refractivity contribution is -0.384. The third kappa shape index (κ3) is 3.65. The van der Waals surface area contributed by atoms with Crippen LogP contribution in [0.5, 0.6) is 0 Å². The average Bonchev–Trinajstić information content (AvgIpc) is 2.74. The Labute approximate surface area is 159 Å². The number of hydrogen-bond donors (Lipinski definition) is 1. The van der Waals surface area contributed by atoms with Gasteiger partial charge >= 0.3 is 0 Å². The van der Waals surface area contributed by atoms with Gasteiger partial charge in [0.15, 0.2) is 11.6 Å². The Bertz CT molecular complexity index is 1180. The van der Waals surface area contributed by atoms with Gasteiger partial charge in [-0.25, -0.2) is 9.97 Å². The van der Waals surface area contributed by atoms with Crippen molar-refractivity contribution in [3.05, 3.63) is 88.7 Å². The molecule has 136 valence electrons. The van der Waals surface area contributed by atoms with E-state index in [1.54, 1.807) is 24.5 Å². The van der Waals surface area contributed by atoms with E-state index in [-0.39, 0.29) is 5.69 Å². The number of nitrogens with one attached hydrogen (secondary N) is 1. The zero-order chi connectivity index (χ0) is 19.3. The molecule has 0 saturated carbocycles. The summed E-state index contributed by atoms with van der Waals surface area (Å²) in [6.45, 7) is 0. The zero-order valence-corrected chi connectivity index (χ0v) is 14.6. The maximum atomic E-state index is 10.9. The van der Waals surface area contributed by atoms with Gasteiger partial charge in [-0.3, -0.25) is 20.5 Å². The summed E-state index contributed by atoms with van der Waals surface area (Å²) in [7, 11) is 0. The largest absolute Gasteiger partial charge is 0.270 e. The molecule has 0 amide bonds. The lowest BCUT2D eigenvalue weighted by Gasteiger charge is -2.08. The molecule has 8 heteroatoms. The minimum Gasteiger partial charge on any atom is -0.264 e. The molecule has 2 aromatic heterocycles. The number of para-hydroxylation sites is 1. The van der Waals surface area contributed by atoms with E-state index in [4.69, 9.17) is 0 Å². The van der Waals surface area contributed by atoms with Crippen molar-refractivity contribution in [2.75, 3.05) is 5.43 Å². The highest BCUT2D eigenvalue weighted by atomic mass is 16.6. The van der Waals surface area contributed by atoms with Crippen LogP contribution in [0.25, 0.3) is 22.3 Å². The van der Waals surface area contributed by atoms with Gasteiger partial charge in [-0.1, -0.05) is 24.3 Å². The van der Waals surface area contributed by atoms with Crippen molar-refractivity contribution in [2.45, 2.75) is 0 Å². The van der Waals surface area contributed by atoms with Gasteiger partial charge < -0.3 is 0 Å². The van der Waals surface area contributed by atoms with Gasteiger partial charge in [0.1, 0.15) is 0 Å². The molecule has 0 unspecified atom stereocenters. The lowest BCUT2D eigenvalue weighted by Crippen LogP contribution is -1.99. The first-order chi connectivity index (χ1) is 13.7. The van der Waals surface area contributed by atoms with Gasteiger partial charge in [0.25, 0.3) is 5.69 Å². The van der Waals surface area contributed by atoms with Crippen LogP contribution in [0.15, 0.2) is 78.2 Å². The Balaban J connectivity index is 1.68. The Morgan fingerprint density at radius 3 is 2.75 bits per heavy atom. The first kappa shape index (κ1) is 17.2. The van der Waals surface area contributed by atoms with E-state index >= 15 is 0 Å². The predicted molar refractivity (Wildman–Crippen MR) is 107 cm³/mol. The molecule has 2 aromatic carbocycles. The summed E-state index contributed by atoms with van der Waals surface area (Å²) >= 11 is 0. The van der Waals surface area contributed by atoms with Crippen molar-refractivity contribution in [1.29, 1.82) is 0 Å². The van der Waals surface area contributed by atoms with Crippen LogP contribution >= 0.6 is 0 Å². The van der Waals surface area contributed by atoms with Gasteiger partial charge in [0, 0.05) is 41.0 Å². The van der Waals surface area contributed by atoms with Crippen molar-refractivity contribution >= 4 is 28.6 Å². The monoisotopic (exact) mass is 370 g/mol. The van der Waals surface area contributed by atoms with Crippen molar-refractivity contribution < 1.29 is 4.92 Å². The molecule has 8 nitrogen and oxygen atoms in total. The van der Waals surface area contributed by atoms with Crippen LogP contribution in [0.3, 0.4) is 0 Å². The standard InChI is InChI=1S/C20H14N6O2/c27-26(28)16-7-3-5-14(11-16)12-22-25-20-17-8-1-2-9-18(17)23-19(24-20)15-6-4-10-21-13-15/h1-13H,(H,23,24,25)/b22-12-. The minimum absolute atomic E-state index is 0.00954. The molecule has 28 heavy (non-hydrogen) atoms. The average molecular weight is 370 g/mol. The summed E-state index contributed by atoms with van der Waals surface area (Å²) in [4.78, 5) is 23.7. The molecule has 0 fully saturated rings. The van der Waals surface area contributed by atoms with Crippen LogP contribution in [0, 0.1) is 10.1 Å². The van der Waals surface area contributed by atoms with Crippen LogP contribution in [-0.2, 0) is 0 Å². The van der Waals surface area contributed by atoms with Crippen molar-refractivity contribution in [3.8, 4) is 11.4 Å². The van der Waals surface area contributed by atoms with E-state index in [0.717, 1.165) is 16.5 Å². The molecule has 0 spiro atoms. The van der Waals surface area contributed by atoms with Gasteiger partial charge in [0.2, 0.25) is 0 Å². The van der Waals surface area contributed by atoms with E-state index in [1.165, 1.54) is 18.3 Å². The number of nitro groups is 1. The number of nitro benzene ring substituents is 1. The number of hydrazone groups is 1. The molecule has 0 saturated heterocycles. The zero-order valence-electron chi connectivity index (χ0n) is 14.6. The van der Waals surface area contributed by atoms with Gasteiger partial charge in [-0.2, -0.15) is 5.10 Å². The fourth-order valence-corrected chi connectivity index (χ4v) is 2.67. The maximum absolute atomic E-state index is 10.9. The number of rotatable bonds is 5. The molecule has 0 aliphatic carbocycles. The Morgan fingerprint density at radius 2 is 1.93 bits per heavy atom. The van der Waals surface area contributed by atoms with Crippen molar-refractivity contribution in [2.24, 2.45) is 5.10 Å². The number of non-ortho nitro benzene ring substituents is 1. The molecular formula is C20H14N6O2. The Kier molecular flexibility index (Phi) is 4.67. The van der Waals surface area contributed by atoms with Crippen LogP contribution in [0.4, 0.5) is 11.5 Å². The highest BCUT2D eigenvalue weighted by Crippen LogP contribution is 2.24. The molecule has 0 radical (unpaired) electrons. The van der Waals surface area contributed by atoms with Gasteiger partial charge in [-0.15, -0.1) is 0 Å². The maximum Gasteiger partial charge on any atom is 0.270 e. The second kappa shape index (κ2) is 7.58. The summed E-state index contributed by atoms with van der Waals surface area (Å²) in [5, 5.41) is 15.9. The van der Waals surface area contributed by atoms with E-state index in [0.29, 0.717) is 17.2 Å². The number of anilines is 1. The number of benzene rings is 2. The normalized spacial score (nSPS) is 11.0. The first-order valence-corrected chi connectivity index (χ1v) is 8.41. The topological polar surface area (TPSA) is 106 Å². The highest BCUT2D eigenvalue weighted by molar-refractivity contribution is 5.91. The summed E-state index contributed by atoms with van der Waals surface area (Å²) in [5.74, 6) is 1.06. The number of fused-ring (bicyclic) bond motifs is 1. The molecule has 0 aliphatic heterocycles. The molecule has 0 bridgehead atoms. The van der Waals surface area contributed by atoms with Crippen LogP contribution in [0.1, 0.15) is 5.56 Å². The summed E-state index contributed by atoms with van der Waals surface area (Å²) < 4.78 is 0. The molecule has 2 heterocycles. The number of hydrogen-bond acceptors (Lipinski definition) is 7. The molecular weight excluding hydrogens is 356 g/mol. The SMILES string of the molecule is O=[N+]([O-])c1cccc(/C=N\Nc2nc(-c3cccnc3)nc3ccccc23)c1. The van der Waals surface area contributed by atoms with Crippen LogP contribution in [0.2, 0.25) is 0 Å². The predicted octanol–water partition coefficient (Wildman–Crippen LogP) is 4.05. The molecule has 0 atom stereocenters. The lowest BCUT2D eigenvalue weighted by atomic mass is 10.2. The van der Waals surface area contributed by atoms with E-state index in [2.05, 4.69) is 25.5 Å². The Morgan fingerprint density at radius 1 is 1.04 bits per heavy atom. The fourth-order valence-electron chi connectivity index (χ4n) is 2.67. The smallest absolute Gasteiger partial charge is 0.264 e. The van der Waals surface area contributed by atoms with Gasteiger partial charge in [-0.05, 0) is 24.3 Å². The number of nitrogens with zero attached hydrogens (tertiary/aromatic N) is 5. The van der Waals surface area contributed by atoms with E-state index < -0.39 is 4.92 Å². The molecule has 4 rings (SSSR count). The van der Waals surface area contributed by atoms with E-state index in [1.807, 2.05) is 36.4 Å². The molecule has 4 aromatic rings. The quantitative estimate of drug-likeness (QED) is 0.323. The number of pyridine rings is 1. The van der Waals surface area contributed by atoms with Crippen LogP contribution in [-0.4, -0.2) is 26.1 Å². The number of aromatic nitrogens is 3. The van der Waals surface area contributed by atoms with E-state index in [9.17, 15) is 10.1 Å². The fraction of sp³-hybridized carbons (Fsp3) is 0. The van der Waals surface area contributed by atoms with Crippen molar-refractivity contribution in [1.82, 2.24) is 15.0 Å². The third-order valence-electron chi connectivity index (χ3n) is 3.99. The second-order valence-electron chi connectivity index (χ2n) is 5.88. The first-order valence-electron chi connectivity index (χ1n) is 8.41. The Hall–Kier alpha value is -4.20. The summed E-state index contributed by atoms with van der Waals surface area (Å²) in [5.41, 5.74) is 5.10. The minimum atomic E-state index is -0.442. The second-order valence-corrected chi connectivity index (χ2v) is 5.88. The third-order valence-corrected chi connectivity index (χ3v) is 3.99. The van der Waals surface area contributed by atoms with Crippen molar-refractivity contribution in [3.63, 3.8) is 0 Å².